The summed E-state index contributed by atoms with van der Waals surface area (Å²) in [6, 6.07) is -1.76. The molecule has 2 aliphatic carbocycles. The summed E-state index contributed by atoms with van der Waals surface area (Å²) in [5.74, 6) is -4.17. The summed E-state index contributed by atoms with van der Waals surface area (Å²) in [6.45, 7) is 5.52. The van der Waals surface area contributed by atoms with Gasteiger partial charge < -0.3 is 150 Å². The van der Waals surface area contributed by atoms with Crippen molar-refractivity contribution in [2.75, 3.05) is 198 Å². The van der Waals surface area contributed by atoms with Crippen molar-refractivity contribution >= 4 is 49.2 Å². The normalized spacial score (nSPS) is 24.3. The molecule has 17 N–H and O–H groups in total. The number of rotatable bonds is 73. The number of hydrogen-bond donors (Lipinski definition) is 17. The lowest BCUT2D eigenvalue weighted by atomic mass is 9.79. The number of nitrogens with one attached hydrogen (secondary N) is 7. The van der Waals surface area contributed by atoms with Crippen LogP contribution >= 0.6 is 7.82 Å². The summed E-state index contributed by atoms with van der Waals surface area (Å²) < 4.78 is 95.6. The highest BCUT2D eigenvalue weighted by molar-refractivity contribution is 7.47. The Morgan fingerprint density at radius 2 is 0.746 bits per heavy atom. The van der Waals surface area contributed by atoms with Crippen LogP contribution in [0.4, 0.5) is 0 Å². The van der Waals surface area contributed by atoms with Gasteiger partial charge in [-0.15, -0.1) is 0 Å². The van der Waals surface area contributed by atoms with Crippen LogP contribution in [0.15, 0.2) is 0 Å². The van der Waals surface area contributed by atoms with Crippen LogP contribution in [0.5, 0.6) is 0 Å². The summed E-state index contributed by atoms with van der Waals surface area (Å²) >= 11 is 0. The number of aliphatic hydroxyl groups excluding tert-OH is 9. The topological polar surface area (TPSA) is 562 Å². The van der Waals surface area contributed by atoms with E-state index >= 15 is 0 Å². The predicted octanol–water partition coefficient (Wildman–Crippen LogP) is -2.03. The van der Waals surface area contributed by atoms with Crippen molar-refractivity contribution in [2.45, 2.75) is 234 Å². The average molecular weight is 1730 g/mol. The molecule has 690 valence electrons. The lowest BCUT2D eigenvalue weighted by Gasteiger charge is -2.42. The minimum absolute atomic E-state index is 0.0360. The second kappa shape index (κ2) is 66.1. The van der Waals surface area contributed by atoms with Gasteiger partial charge in [0.25, 0.3) is 0 Å². The fourth-order valence-corrected chi connectivity index (χ4v) is 13.8. The first-order valence-corrected chi connectivity index (χ1v) is 43.4. The Kier molecular flexibility index (Phi) is 60.3. The van der Waals surface area contributed by atoms with Crippen molar-refractivity contribution in [2.24, 2.45) is 17.8 Å². The second-order valence-corrected chi connectivity index (χ2v) is 31.3. The van der Waals surface area contributed by atoms with Crippen LogP contribution in [0.2, 0.25) is 0 Å². The Bertz CT molecular complexity index is 2620. The average Bonchev–Trinajstić information content (AvgIpc) is 0.817. The molecule has 1 heterocycles. The van der Waals surface area contributed by atoms with Crippen LogP contribution in [0.1, 0.15) is 156 Å². The zero-order valence-electron chi connectivity index (χ0n) is 69.8. The molecule has 7 amide bonds. The van der Waals surface area contributed by atoms with Crippen LogP contribution in [0.25, 0.3) is 0 Å². The number of hydrogen-bond acceptors (Lipinski definition) is 32. The fourth-order valence-electron chi connectivity index (χ4n) is 13.3. The maximum atomic E-state index is 14.0. The third-order valence-corrected chi connectivity index (χ3v) is 21.0. The monoisotopic (exact) mass is 1730 g/mol. The number of phosphoric ester groups is 1. The standard InChI is InChI=1S/C77H144N7O33P/c1-55-70(95)73(98)62(51-87)117-76(55)115-46-43-109-40-37-106-34-27-81-66(93)23-31-112-54-77(84-67(94)20-16-12-11-15-19-63(90)78-24-17-13-9-7-5-6-8-10-14-18-28-116-118(101,102)103-4,52-110-29-21-64(91)79-25-32-104-35-38-107-41-44-113-60-47-58(49-85)71(96)74(99)68(60)82-56(2)88)53-111-30-22-65(92)80-26-33-105-36-39-108-42-45-114-61-48-59(50-86)72(97)75(100)69(61)83-57(3)89/h55,58-62,68-76,85-87,95-100H,5-54H2,1-4H3,(H,78,90)(H,79,91)(H,80,92)(H,81,93)(H,82,88)(H,83,89)(H,84,94)(H,101,102). The van der Waals surface area contributed by atoms with Gasteiger partial charge in [0.15, 0.2) is 6.29 Å². The highest BCUT2D eigenvalue weighted by Crippen LogP contribution is 2.42. The van der Waals surface area contributed by atoms with E-state index in [1.807, 2.05) is 0 Å². The van der Waals surface area contributed by atoms with Gasteiger partial charge in [-0.1, -0.05) is 71.1 Å². The zero-order chi connectivity index (χ0) is 86.6. The summed E-state index contributed by atoms with van der Waals surface area (Å²) in [4.78, 5) is 98.8. The molecule has 0 aromatic heterocycles. The third kappa shape index (κ3) is 48.5. The van der Waals surface area contributed by atoms with Crippen LogP contribution in [-0.2, 0) is 109 Å². The maximum Gasteiger partial charge on any atom is 0.471 e. The van der Waals surface area contributed by atoms with Gasteiger partial charge in [-0.05, 0) is 38.5 Å². The van der Waals surface area contributed by atoms with Crippen LogP contribution in [-0.4, -0.2) is 370 Å². The molecule has 40 nitrogen and oxygen atoms in total. The Morgan fingerprint density at radius 3 is 1.14 bits per heavy atom. The van der Waals surface area contributed by atoms with Gasteiger partial charge in [0.1, 0.15) is 30.0 Å². The quantitative estimate of drug-likeness (QED) is 0.0231. The summed E-state index contributed by atoms with van der Waals surface area (Å²) in [7, 11) is -2.79. The number of phosphoric acid groups is 1. The van der Waals surface area contributed by atoms with E-state index in [1.54, 1.807) is 6.92 Å². The first kappa shape index (κ1) is 108. The SMILES string of the molecule is COP(=O)(O)OCCCCCCCCCCCCNC(=O)CCCCCCC(=O)NC(COCCC(=O)NCCOCCOCCOC1CC(CO)C(O)C(O)C1NC(C)=O)(COCCC(=O)NCCOCCOCCOC1CC(CO)C(O)C(O)C1NC(C)=O)COCCC(=O)NCCOCCOCCOC1OC(CO)C(O)C(O)C1C. The van der Waals surface area contributed by atoms with E-state index in [1.165, 1.54) is 13.8 Å². The molecule has 16 unspecified atom stereocenters. The molecule has 41 heteroatoms. The van der Waals surface area contributed by atoms with Crippen molar-refractivity contribution in [3.05, 3.63) is 0 Å². The molecule has 1 saturated heterocycles. The molecule has 1 aliphatic heterocycles. The van der Waals surface area contributed by atoms with Gasteiger partial charge in [0.05, 0.1) is 195 Å². The molecular weight excluding hydrogens is 1580 g/mol. The molecule has 0 spiro atoms. The first-order chi connectivity index (χ1) is 56.8. The zero-order valence-corrected chi connectivity index (χ0v) is 70.7. The summed E-state index contributed by atoms with van der Waals surface area (Å²) in [6.07, 6.45) is 2.25. The molecule has 2 saturated carbocycles. The van der Waals surface area contributed by atoms with E-state index in [0.29, 0.717) is 45.1 Å². The molecular formula is C77H144N7O33P. The van der Waals surface area contributed by atoms with Gasteiger partial charge in [-0.3, -0.25) is 42.6 Å². The highest BCUT2D eigenvalue weighted by Gasteiger charge is 2.46. The van der Waals surface area contributed by atoms with Gasteiger partial charge in [-0.2, -0.15) is 0 Å². The molecule has 0 aromatic rings. The minimum atomic E-state index is -3.92. The summed E-state index contributed by atoms with van der Waals surface area (Å²) in [5.41, 5.74) is -1.41. The first-order valence-electron chi connectivity index (χ1n) is 41.9. The van der Waals surface area contributed by atoms with Crippen molar-refractivity contribution in [1.82, 2.24) is 37.2 Å². The van der Waals surface area contributed by atoms with Crippen LogP contribution in [0, 0.1) is 17.8 Å². The van der Waals surface area contributed by atoms with Crippen molar-refractivity contribution < 1.29 is 160 Å². The molecule has 3 rings (SSSR count). The van der Waals surface area contributed by atoms with Gasteiger partial charge >= 0.3 is 7.82 Å². The minimum Gasteiger partial charge on any atom is -0.396 e. The predicted molar refractivity (Wildman–Crippen MR) is 423 cm³/mol. The smallest absolute Gasteiger partial charge is 0.396 e. The number of aliphatic hydroxyl groups is 9. The van der Waals surface area contributed by atoms with E-state index in [0.717, 1.165) is 64.9 Å². The molecule has 0 aromatic carbocycles. The van der Waals surface area contributed by atoms with E-state index in [4.69, 9.17) is 66.1 Å². The van der Waals surface area contributed by atoms with Crippen molar-refractivity contribution in [3.63, 3.8) is 0 Å². The number of amides is 7. The number of carbonyl (C=O) groups is 7. The Morgan fingerprint density at radius 1 is 0.390 bits per heavy atom. The van der Waals surface area contributed by atoms with Crippen molar-refractivity contribution in [3.8, 4) is 0 Å². The number of unbranched alkanes of at least 4 members (excludes halogenated alkanes) is 12. The van der Waals surface area contributed by atoms with E-state index in [2.05, 4.69) is 41.7 Å². The molecule has 3 aliphatic rings. The van der Waals surface area contributed by atoms with E-state index in [9.17, 15) is 89.0 Å². The highest BCUT2D eigenvalue weighted by atomic mass is 31.2. The van der Waals surface area contributed by atoms with E-state index in [-0.39, 0.29) is 246 Å². The Balaban J connectivity index is 1.54. The van der Waals surface area contributed by atoms with Crippen LogP contribution in [0.3, 0.4) is 0 Å². The van der Waals surface area contributed by atoms with E-state index < -0.39 is 123 Å². The van der Waals surface area contributed by atoms with Gasteiger partial charge in [0.2, 0.25) is 41.4 Å². The van der Waals surface area contributed by atoms with Gasteiger partial charge in [-0.25, -0.2) is 4.57 Å². The largest absolute Gasteiger partial charge is 0.471 e. The Labute approximate surface area is 694 Å². The lowest BCUT2D eigenvalue weighted by Crippen LogP contribution is -2.61. The number of ether oxygens (including phenoxy) is 13. The molecule has 16 atom stereocenters. The Hall–Kier alpha value is -4.48. The van der Waals surface area contributed by atoms with Gasteiger partial charge in [0, 0.05) is 110 Å². The molecule has 0 bridgehead atoms. The fraction of sp³-hybridized carbons (Fsp3) is 0.909. The third-order valence-electron chi connectivity index (χ3n) is 20.0. The lowest BCUT2D eigenvalue weighted by molar-refractivity contribution is -0.284. The number of carbonyl (C=O) groups excluding carboxylic acids is 7. The second-order valence-electron chi connectivity index (χ2n) is 29.8. The van der Waals surface area contributed by atoms with Crippen molar-refractivity contribution in [1.29, 1.82) is 0 Å². The van der Waals surface area contributed by atoms with Crippen LogP contribution < -0.4 is 37.2 Å². The molecule has 118 heavy (non-hydrogen) atoms. The summed E-state index contributed by atoms with van der Waals surface area (Å²) in [5, 5.41) is 111. The molecule has 3 fully saturated rings. The molecule has 0 radical (unpaired) electrons. The maximum absolute atomic E-state index is 14.0.